The second kappa shape index (κ2) is 5.70. The van der Waals surface area contributed by atoms with E-state index in [9.17, 15) is 8.78 Å². The lowest BCUT2D eigenvalue weighted by atomic mass is 10.0. The van der Waals surface area contributed by atoms with E-state index in [1.165, 1.54) is 0 Å². The summed E-state index contributed by atoms with van der Waals surface area (Å²) in [5.74, 6) is -1.24. The molecule has 0 aliphatic heterocycles. The summed E-state index contributed by atoms with van der Waals surface area (Å²) in [6.45, 7) is 4.09. The topological polar surface area (TPSA) is 35.8 Å². The largest absolute Gasteiger partial charge is 0.351 e. The molecule has 0 aliphatic rings. The molecular weight excluding hydrogens is 258 g/mol. The van der Waals surface area contributed by atoms with E-state index < -0.39 is 11.6 Å². The molecule has 0 unspecified atom stereocenters. The van der Waals surface area contributed by atoms with Gasteiger partial charge in [-0.15, -0.1) is 0 Å². The van der Waals surface area contributed by atoms with Crippen LogP contribution in [-0.4, -0.2) is 0 Å². The van der Waals surface area contributed by atoms with Gasteiger partial charge in [-0.2, -0.15) is 5.26 Å². The molecule has 2 rings (SSSR count). The number of nitrogens with zero attached hydrogens (tertiary/aromatic N) is 1. The zero-order chi connectivity index (χ0) is 14.7. The van der Waals surface area contributed by atoms with E-state index in [1.807, 2.05) is 32.0 Å². The Hall–Kier alpha value is -2.41. The van der Waals surface area contributed by atoms with Crippen LogP contribution in [0.1, 0.15) is 30.9 Å². The van der Waals surface area contributed by atoms with Crippen LogP contribution in [0.25, 0.3) is 0 Å². The van der Waals surface area contributed by atoms with Crippen molar-refractivity contribution in [1.82, 2.24) is 0 Å². The highest BCUT2D eigenvalue weighted by Crippen LogP contribution is 2.26. The molecule has 0 saturated carbocycles. The average Bonchev–Trinajstić information content (AvgIpc) is 2.42. The molecule has 2 nitrogen and oxygen atoms in total. The molecule has 0 saturated heterocycles. The molecule has 102 valence electrons. The molecule has 0 aromatic heterocycles. The quantitative estimate of drug-likeness (QED) is 0.878. The normalized spacial score (nSPS) is 10.4. The minimum atomic E-state index is -0.781. The minimum Gasteiger partial charge on any atom is -0.351 e. The number of nitriles is 1. The van der Waals surface area contributed by atoms with E-state index in [-0.39, 0.29) is 11.3 Å². The van der Waals surface area contributed by atoms with E-state index >= 15 is 0 Å². The molecule has 0 amide bonds. The summed E-state index contributed by atoms with van der Waals surface area (Å²) in [5.41, 5.74) is 1.40. The van der Waals surface area contributed by atoms with E-state index in [1.54, 1.807) is 12.1 Å². The standard InChI is InChI=1S/C16H14F2N2/c1-10(2)12-4-3-5-13(8-12)20-16-14(17)6-11(9-19)7-15(16)18/h3-8,10,20H,1-2H3. The molecule has 20 heavy (non-hydrogen) atoms. The zero-order valence-electron chi connectivity index (χ0n) is 11.2. The average molecular weight is 272 g/mol. The Balaban J connectivity index is 2.36. The fourth-order valence-corrected chi connectivity index (χ4v) is 1.88. The van der Waals surface area contributed by atoms with Crippen molar-refractivity contribution in [2.45, 2.75) is 19.8 Å². The first-order valence-corrected chi connectivity index (χ1v) is 6.27. The number of hydrogen-bond donors (Lipinski definition) is 1. The van der Waals surface area contributed by atoms with Gasteiger partial charge in [-0.1, -0.05) is 26.0 Å². The lowest BCUT2D eigenvalue weighted by Gasteiger charge is -2.12. The van der Waals surface area contributed by atoms with Gasteiger partial charge in [-0.25, -0.2) is 8.78 Å². The van der Waals surface area contributed by atoms with Crippen molar-refractivity contribution in [3.63, 3.8) is 0 Å². The molecule has 0 spiro atoms. The first-order valence-electron chi connectivity index (χ1n) is 6.27. The molecular formula is C16H14F2N2. The van der Waals surface area contributed by atoms with Crippen molar-refractivity contribution in [3.8, 4) is 6.07 Å². The second-order valence-electron chi connectivity index (χ2n) is 4.83. The molecule has 4 heteroatoms. The summed E-state index contributed by atoms with van der Waals surface area (Å²) >= 11 is 0. The van der Waals surface area contributed by atoms with Gasteiger partial charge < -0.3 is 5.32 Å². The highest BCUT2D eigenvalue weighted by molar-refractivity contribution is 5.62. The van der Waals surface area contributed by atoms with Crippen molar-refractivity contribution in [3.05, 3.63) is 59.2 Å². The third-order valence-corrected chi connectivity index (χ3v) is 2.99. The van der Waals surface area contributed by atoms with Crippen molar-refractivity contribution in [1.29, 1.82) is 5.26 Å². The summed E-state index contributed by atoms with van der Waals surface area (Å²) in [7, 11) is 0. The van der Waals surface area contributed by atoms with Crippen LogP contribution < -0.4 is 5.32 Å². The van der Waals surface area contributed by atoms with Gasteiger partial charge >= 0.3 is 0 Å². The van der Waals surface area contributed by atoms with Crippen LogP contribution in [0.5, 0.6) is 0 Å². The Morgan fingerprint density at radius 1 is 1.10 bits per heavy atom. The first kappa shape index (κ1) is 14.0. The summed E-state index contributed by atoms with van der Waals surface area (Å²) in [6, 6.07) is 11.1. The second-order valence-corrected chi connectivity index (χ2v) is 4.83. The maximum absolute atomic E-state index is 13.8. The van der Waals surface area contributed by atoms with Crippen LogP contribution >= 0.6 is 0 Å². The van der Waals surface area contributed by atoms with Crippen LogP contribution in [0.4, 0.5) is 20.2 Å². The Kier molecular flexibility index (Phi) is 3.99. The van der Waals surface area contributed by atoms with Gasteiger partial charge in [0.05, 0.1) is 11.6 Å². The summed E-state index contributed by atoms with van der Waals surface area (Å²) in [4.78, 5) is 0. The van der Waals surface area contributed by atoms with Crippen LogP contribution in [0.15, 0.2) is 36.4 Å². The van der Waals surface area contributed by atoms with Crippen LogP contribution in [0.2, 0.25) is 0 Å². The van der Waals surface area contributed by atoms with Crippen molar-refractivity contribution >= 4 is 11.4 Å². The van der Waals surface area contributed by atoms with Crippen molar-refractivity contribution in [2.24, 2.45) is 0 Å². The van der Waals surface area contributed by atoms with Crippen LogP contribution in [-0.2, 0) is 0 Å². The number of halogens is 2. The number of rotatable bonds is 3. The molecule has 2 aromatic rings. The molecule has 0 atom stereocenters. The zero-order valence-corrected chi connectivity index (χ0v) is 11.2. The maximum atomic E-state index is 13.8. The van der Waals surface area contributed by atoms with Gasteiger partial charge in [0.1, 0.15) is 5.69 Å². The number of hydrogen-bond acceptors (Lipinski definition) is 2. The Bertz CT molecular complexity index is 649. The maximum Gasteiger partial charge on any atom is 0.150 e. The fraction of sp³-hybridized carbons (Fsp3) is 0.188. The predicted molar refractivity (Wildman–Crippen MR) is 74.9 cm³/mol. The van der Waals surface area contributed by atoms with Gasteiger partial charge in [0.25, 0.3) is 0 Å². The number of anilines is 2. The molecule has 2 aromatic carbocycles. The number of benzene rings is 2. The summed E-state index contributed by atoms with van der Waals surface area (Å²) < 4.78 is 27.6. The molecule has 0 aliphatic carbocycles. The van der Waals surface area contributed by atoms with Gasteiger partial charge in [-0.3, -0.25) is 0 Å². The summed E-state index contributed by atoms with van der Waals surface area (Å²) in [5, 5.41) is 11.4. The summed E-state index contributed by atoms with van der Waals surface area (Å²) in [6.07, 6.45) is 0. The number of nitrogens with one attached hydrogen (secondary N) is 1. The van der Waals surface area contributed by atoms with E-state index in [0.717, 1.165) is 17.7 Å². The monoisotopic (exact) mass is 272 g/mol. The Morgan fingerprint density at radius 3 is 2.30 bits per heavy atom. The third kappa shape index (κ3) is 2.94. The van der Waals surface area contributed by atoms with Gasteiger partial charge in [-0.05, 0) is 35.7 Å². The molecule has 0 bridgehead atoms. The Morgan fingerprint density at radius 2 is 1.75 bits per heavy atom. The molecule has 0 radical (unpaired) electrons. The third-order valence-electron chi connectivity index (χ3n) is 2.99. The highest BCUT2D eigenvalue weighted by atomic mass is 19.1. The molecule has 1 N–H and O–H groups in total. The van der Waals surface area contributed by atoms with Gasteiger partial charge in [0.2, 0.25) is 0 Å². The molecule has 0 heterocycles. The minimum absolute atomic E-state index is 0.0403. The van der Waals surface area contributed by atoms with Gasteiger partial charge in [0.15, 0.2) is 11.6 Å². The predicted octanol–water partition coefficient (Wildman–Crippen LogP) is 4.70. The SMILES string of the molecule is CC(C)c1cccc(Nc2c(F)cc(C#N)cc2F)c1. The van der Waals surface area contributed by atoms with E-state index in [0.29, 0.717) is 11.6 Å². The van der Waals surface area contributed by atoms with Crippen LogP contribution in [0, 0.1) is 23.0 Å². The van der Waals surface area contributed by atoms with E-state index in [4.69, 9.17) is 5.26 Å². The lowest BCUT2D eigenvalue weighted by Crippen LogP contribution is -1.99. The molecule has 0 fully saturated rings. The first-order chi connectivity index (χ1) is 9.51. The smallest absolute Gasteiger partial charge is 0.150 e. The van der Waals surface area contributed by atoms with Crippen LogP contribution in [0.3, 0.4) is 0 Å². The van der Waals surface area contributed by atoms with Gasteiger partial charge in [0, 0.05) is 5.69 Å². The van der Waals surface area contributed by atoms with Crippen molar-refractivity contribution in [2.75, 3.05) is 5.32 Å². The highest BCUT2D eigenvalue weighted by Gasteiger charge is 2.12. The fourth-order valence-electron chi connectivity index (χ4n) is 1.88. The van der Waals surface area contributed by atoms with E-state index in [2.05, 4.69) is 5.32 Å². The lowest BCUT2D eigenvalue weighted by molar-refractivity contribution is 0.590. The van der Waals surface area contributed by atoms with Crippen molar-refractivity contribution < 1.29 is 8.78 Å². The Labute approximate surface area is 116 Å².